The maximum Gasteiger partial charge on any atom is 0.242 e. The van der Waals surface area contributed by atoms with Gasteiger partial charge in [0, 0.05) is 25.5 Å². The number of alkyl halides is 1. The van der Waals surface area contributed by atoms with Crippen molar-refractivity contribution in [3.05, 3.63) is 48.2 Å². The number of halogens is 1. The first-order valence-corrected chi connectivity index (χ1v) is 9.69. The van der Waals surface area contributed by atoms with Crippen LogP contribution in [-0.2, 0) is 29.7 Å². The van der Waals surface area contributed by atoms with Crippen molar-refractivity contribution in [3.8, 4) is 0 Å². The van der Waals surface area contributed by atoms with E-state index in [9.17, 15) is 9.59 Å². The summed E-state index contributed by atoms with van der Waals surface area (Å²) in [5.41, 5.74) is 1.01. The van der Waals surface area contributed by atoms with E-state index in [1.165, 1.54) is 0 Å². The third-order valence-corrected chi connectivity index (χ3v) is 4.63. The Bertz CT molecular complexity index is 725. The monoisotopic (exact) mass is 393 g/mol. The molecule has 7 heteroatoms. The highest BCUT2D eigenvalue weighted by Crippen LogP contribution is 2.13. The number of nitrogens with zero attached hydrogens (tertiary/aromatic N) is 3. The summed E-state index contributed by atoms with van der Waals surface area (Å²) >= 11 is 5.98. The van der Waals surface area contributed by atoms with Crippen LogP contribution in [-0.4, -0.2) is 44.6 Å². The van der Waals surface area contributed by atoms with Gasteiger partial charge in [0.2, 0.25) is 11.8 Å². The van der Waals surface area contributed by atoms with Crippen molar-refractivity contribution in [3.63, 3.8) is 0 Å². The van der Waals surface area contributed by atoms with Crippen molar-refractivity contribution in [2.75, 3.05) is 13.1 Å². The maximum atomic E-state index is 13.0. The summed E-state index contributed by atoms with van der Waals surface area (Å²) in [4.78, 5) is 28.7. The first kappa shape index (κ1) is 21.1. The van der Waals surface area contributed by atoms with Crippen molar-refractivity contribution in [1.29, 1.82) is 0 Å². The van der Waals surface area contributed by atoms with Crippen molar-refractivity contribution >= 4 is 23.4 Å². The lowest BCUT2D eigenvalue weighted by atomic mass is 10.2. The van der Waals surface area contributed by atoms with Crippen LogP contribution in [0.2, 0.25) is 0 Å². The smallest absolute Gasteiger partial charge is 0.242 e. The zero-order valence-corrected chi connectivity index (χ0v) is 17.0. The van der Waals surface area contributed by atoms with Gasteiger partial charge in [-0.25, -0.2) is 0 Å². The van der Waals surface area contributed by atoms with E-state index < -0.39 is 5.38 Å². The average Bonchev–Trinajstić information content (AvgIpc) is 3.29. The van der Waals surface area contributed by atoms with Gasteiger partial charge >= 0.3 is 0 Å². The van der Waals surface area contributed by atoms with Gasteiger partial charge in [-0.3, -0.25) is 9.59 Å². The van der Waals surface area contributed by atoms with Crippen LogP contribution in [0, 0.1) is 0 Å². The van der Waals surface area contributed by atoms with E-state index in [2.05, 4.69) is 0 Å². The Hall–Kier alpha value is -2.21. The normalized spacial score (nSPS) is 12.0. The van der Waals surface area contributed by atoms with Gasteiger partial charge in [0.05, 0.1) is 25.9 Å². The number of rotatable bonds is 10. The highest BCUT2D eigenvalue weighted by atomic mass is 35.5. The standard InChI is InChI=1S/C20H28ClN3O3/c1-4-5-11-23(20(26)16(2)21)15-19(25)24(14-18-9-7-12-27-18)13-17-8-6-10-22(17)3/h6-10,12,16H,4-5,11,13-15H2,1-3H3. The lowest BCUT2D eigenvalue weighted by Crippen LogP contribution is -2.45. The lowest BCUT2D eigenvalue weighted by molar-refractivity contribution is -0.141. The summed E-state index contributed by atoms with van der Waals surface area (Å²) in [6.45, 7) is 5.02. The van der Waals surface area contributed by atoms with E-state index >= 15 is 0 Å². The van der Waals surface area contributed by atoms with Crippen LogP contribution >= 0.6 is 11.6 Å². The molecule has 2 rings (SSSR count). The zero-order chi connectivity index (χ0) is 19.8. The Morgan fingerprint density at radius 1 is 1.22 bits per heavy atom. The molecule has 2 aromatic rings. The first-order valence-electron chi connectivity index (χ1n) is 9.25. The number of hydrogen-bond acceptors (Lipinski definition) is 3. The third-order valence-electron chi connectivity index (χ3n) is 4.44. The molecule has 0 aromatic carbocycles. The van der Waals surface area contributed by atoms with Crippen LogP contribution in [0.5, 0.6) is 0 Å². The van der Waals surface area contributed by atoms with Crippen molar-refractivity contribution in [2.24, 2.45) is 7.05 Å². The third kappa shape index (κ3) is 6.17. The minimum Gasteiger partial charge on any atom is -0.467 e. The fourth-order valence-corrected chi connectivity index (χ4v) is 2.95. The van der Waals surface area contributed by atoms with E-state index in [-0.39, 0.29) is 18.4 Å². The fourth-order valence-electron chi connectivity index (χ4n) is 2.81. The lowest BCUT2D eigenvalue weighted by Gasteiger charge is -2.28. The molecule has 6 nitrogen and oxygen atoms in total. The van der Waals surface area contributed by atoms with Crippen molar-refractivity contribution < 1.29 is 14.0 Å². The fraction of sp³-hybridized carbons (Fsp3) is 0.500. The second-order valence-electron chi connectivity index (χ2n) is 6.67. The minimum atomic E-state index is -0.652. The molecule has 0 N–H and O–H groups in total. The summed E-state index contributed by atoms with van der Waals surface area (Å²) in [6, 6.07) is 7.55. The highest BCUT2D eigenvalue weighted by Gasteiger charge is 2.24. The largest absolute Gasteiger partial charge is 0.467 e. The summed E-state index contributed by atoms with van der Waals surface area (Å²) in [5, 5.41) is -0.652. The molecule has 2 aromatic heterocycles. The molecule has 0 aliphatic carbocycles. The Kier molecular flexibility index (Phi) is 7.98. The number of amides is 2. The van der Waals surface area contributed by atoms with Gasteiger partial charge in [-0.15, -0.1) is 11.6 Å². The first-order chi connectivity index (χ1) is 12.9. The van der Waals surface area contributed by atoms with Gasteiger partial charge in [0.15, 0.2) is 0 Å². The SMILES string of the molecule is CCCCN(CC(=O)N(Cc1ccco1)Cc1cccn1C)C(=O)C(C)Cl. The quantitative estimate of drug-likeness (QED) is 0.581. The molecule has 0 aliphatic heterocycles. The number of unbranched alkanes of at least 4 members (excludes halogenated alkanes) is 1. The van der Waals surface area contributed by atoms with E-state index in [0.29, 0.717) is 25.4 Å². The van der Waals surface area contributed by atoms with E-state index in [4.69, 9.17) is 16.0 Å². The molecule has 2 heterocycles. The van der Waals surface area contributed by atoms with E-state index in [1.54, 1.807) is 29.1 Å². The molecule has 2 amide bonds. The number of carbonyl (C=O) groups is 2. The Labute approximate surface area is 165 Å². The van der Waals surface area contributed by atoms with Crippen molar-refractivity contribution in [2.45, 2.75) is 45.2 Å². The number of aromatic nitrogens is 1. The molecule has 0 fully saturated rings. The minimum absolute atomic E-state index is 0.0149. The molecule has 0 radical (unpaired) electrons. The van der Waals surface area contributed by atoms with Gasteiger partial charge in [-0.1, -0.05) is 13.3 Å². The van der Waals surface area contributed by atoms with Crippen LogP contribution < -0.4 is 0 Å². The molecule has 0 spiro atoms. The van der Waals surface area contributed by atoms with Gasteiger partial charge < -0.3 is 18.8 Å². The topological polar surface area (TPSA) is 58.7 Å². The van der Waals surface area contributed by atoms with E-state index in [1.807, 2.05) is 42.9 Å². The van der Waals surface area contributed by atoms with Crippen LogP contribution in [0.15, 0.2) is 41.1 Å². The van der Waals surface area contributed by atoms with E-state index in [0.717, 1.165) is 18.5 Å². The van der Waals surface area contributed by atoms with Gasteiger partial charge in [0.1, 0.15) is 11.1 Å². The molecule has 0 bridgehead atoms. The Morgan fingerprint density at radius 2 is 2.00 bits per heavy atom. The molecule has 0 aliphatic rings. The maximum absolute atomic E-state index is 13.0. The van der Waals surface area contributed by atoms with Crippen LogP contribution in [0.25, 0.3) is 0 Å². The summed E-state index contributed by atoms with van der Waals surface area (Å²) in [7, 11) is 1.94. The second-order valence-corrected chi connectivity index (χ2v) is 7.32. The molecular formula is C20H28ClN3O3. The number of furan rings is 1. The highest BCUT2D eigenvalue weighted by molar-refractivity contribution is 6.30. The number of aryl methyl sites for hydroxylation is 1. The van der Waals surface area contributed by atoms with Crippen LogP contribution in [0.4, 0.5) is 0 Å². The number of hydrogen-bond donors (Lipinski definition) is 0. The molecule has 27 heavy (non-hydrogen) atoms. The molecule has 0 saturated carbocycles. The second kappa shape index (κ2) is 10.2. The summed E-state index contributed by atoms with van der Waals surface area (Å²) in [5.74, 6) is 0.361. The summed E-state index contributed by atoms with van der Waals surface area (Å²) < 4.78 is 7.39. The molecule has 1 atom stereocenters. The van der Waals surface area contributed by atoms with Gasteiger partial charge in [-0.2, -0.15) is 0 Å². The van der Waals surface area contributed by atoms with Gasteiger partial charge in [0.25, 0.3) is 0 Å². The Morgan fingerprint density at radius 3 is 2.56 bits per heavy atom. The van der Waals surface area contributed by atoms with Crippen LogP contribution in [0.3, 0.4) is 0 Å². The van der Waals surface area contributed by atoms with Gasteiger partial charge in [-0.05, 0) is 37.6 Å². The molecule has 148 valence electrons. The average molecular weight is 394 g/mol. The van der Waals surface area contributed by atoms with Crippen molar-refractivity contribution in [1.82, 2.24) is 14.4 Å². The molecule has 0 saturated heterocycles. The molecule has 1 unspecified atom stereocenters. The predicted molar refractivity (Wildman–Crippen MR) is 105 cm³/mol. The molecular weight excluding hydrogens is 366 g/mol. The van der Waals surface area contributed by atoms with Crippen LogP contribution in [0.1, 0.15) is 38.1 Å². The summed E-state index contributed by atoms with van der Waals surface area (Å²) in [6.07, 6.45) is 5.30. The predicted octanol–water partition coefficient (Wildman–Crippen LogP) is 3.40. The number of carbonyl (C=O) groups excluding carboxylic acids is 2. The zero-order valence-electron chi connectivity index (χ0n) is 16.2. The Balaban J connectivity index is 2.14.